The molecule has 0 aliphatic heterocycles. The smallest absolute Gasteiger partial charge is 0.307 e. The van der Waals surface area contributed by atoms with Crippen LogP contribution in [0.3, 0.4) is 0 Å². The Hall–Kier alpha value is -3.42. The maximum Gasteiger partial charge on any atom is 0.307 e. The highest BCUT2D eigenvalue weighted by Crippen LogP contribution is 2.04. The number of hydrogen-bond donors (Lipinski definition) is 1. The van der Waals surface area contributed by atoms with Gasteiger partial charge in [-0.2, -0.15) is 0 Å². The Morgan fingerprint density at radius 2 is 2.15 bits per heavy atom. The molecular formula is C18H17N3O5. The molecule has 8 heteroatoms. The van der Waals surface area contributed by atoms with Crippen molar-refractivity contribution in [2.75, 3.05) is 6.54 Å². The van der Waals surface area contributed by atoms with Crippen LogP contribution in [0.1, 0.15) is 28.2 Å². The van der Waals surface area contributed by atoms with Crippen molar-refractivity contribution in [2.45, 2.75) is 20.0 Å². The van der Waals surface area contributed by atoms with E-state index >= 15 is 0 Å². The number of amides is 1. The molecule has 0 aliphatic rings. The molecule has 0 fully saturated rings. The quantitative estimate of drug-likeness (QED) is 0.672. The number of ether oxygens (including phenoxy) is 1. The van der Waals surface area contributed by atoms with Crippen LogP contribution in [0.2, 0.25) is 0 Å². The van der Waals surface area contributed by atoms with Crippen LogP contribution in [0.15, 0.2) is 52.0 Å². The highest BCUT2D eigenvalue weighted by molar-refractivity contribution is 5.91. The molecule has 0 unspecified atom stereocenters. The molecule has 134 valence electrons. The molecule has 0 aliphatic carbocycles. The number of aryl methyl sites for hydroxylation is 1. The summed E-state index contributed by atoms with van der Waals surface area (Å²) >= 11 is 0. The molecule has 26 heavy (non-hydrogen) atoms. The highest BCUT2D eigenvalue weighted by atomic mass is 16.5. The van der Waals surface area contributed by atoms with E-state index in [-0.39, 0.29) is 30.9 Å². The van der Waals surface area contributed by atoms with Gasteiger partial charge in [-0.05, 0) is 30.7 Å². The monoisotopic (exact) mass is 355 g/mol. The predicted molar refractivity (Wildman–Crippen MR) is 91.7 cm³/mol. The number of carbonyl (C=O) groups is 2. The molecule has 3 aromatic rings. The molecule has 1 N–H and O–H groups in total. The first-order valence-electron chi connectivity index (χ1n) is 7.99. The van der Waals surface area contributed by atoms with Gasteiger partial charge in [0.15, 0.2) is 5.76 Å². The van der Waals surface area contributed by atoms with Crippen LogP contribution < -0.4 is 10.9 Å². The van der Waals surface area contributed by atoms with E-state index in [2.05, 4.69) is 10.3 Å². The maximum absolute atomic E-state index is 12.1. The van der Waals surface area contributed by atoms with Gasteiger partial charge in [-0.25, -0.2) is 4.98 Å². The van der Waals surface area contributed by atoms with Crippen molar-refractivity contribution >= 4 is 17.5 Å². The number of esters is 1. The van der Waals surface area contributed by atoms with E-state index in [0.717, 1.165) is 5.56 Å². The molecular weight excluding hydrogens is 338 g/mol. The Morgan fingerprint density at radius 1 is 1.31 bits per heavy atom. The summed E-state index contributed by atoms with van der Waals surface area (Å²) in [6, 6.07) is 8.03. The molecule has 3 rings (SSSR count). The lowest BCUT2D eigenvalue weighted by Gasteiger charge is -2.07. The van der Waals surface area contributed by atoms with Crippen LogP contribution in [-0.2, 0) is 16.1 Å². The van der Waals surface area contributed by atoms with E-state index in [0.29, 0.717) is 11.3 Å². The number of pyridine rings is 1. The Labute approximate surface area is 148 Å². The van der Waals surface area contributed by atoms with Crippen LogP contribution in [0.5, 0.6) is 0 Å². The van der Waals surface area contributed by atoms with Crippen molar-refractivity contribution in [3.8, 4) is 0 Å². The van der Waals surface area contributed by atoms with Crippen LogP contribution >= 0.6 is 0 Å². The minimum atomic E-state index is -0.504. The third kappa shape index (κ3) is 4.15. The summed E-state index contributed by atoms with van der Waals surface area (Å²) in [6.07, 6.45) is 3.09. The number of hydrogen-bond acceptors (Lipinski definition) is 6. The van der Waals surface area contributed by atoms with Crippen molar-refractivity contribution < 1.29 is 18.7 Å². The standard InChI is InChI=1S/C18H17N3O5/c1-12-4-5-15-20-13(9-16(22)21(15)10-12)11-26-17(23)6-7-19-18(24)14-3-2-8-25-14/h2-5,8-10H,6-7,11H2,1H3,(H,19,24). The zero-order valence-electron chi connectivity index (χ0n) is 14.1. The lowest BCUT2D eigenvalue weighted by molar-refractivity contribution is -0.144. The van der Waals surface area contributed by atoms with Crippen LogP contribution in [0, 0.1) is 6.92 Å². The fourth-order valence-corrected chi connectivity index (χ4v) is 2.33. The second-order valence-corrected chi connectivity index (χ2v) is 5.66. The number of nitrogens with zero attached hydrogens (tertiary/aromatic N) is 2. The minimum absolute atomic E-state index is 0.00178. The predicted octanol–water partition coefficient (Wildman–Crippen LogP) is 1.46. The second-order valence-electron chi connectivity index (χ2n) is 5.66. The van der Waals surface area contributed by atoms with E-state index in [1.807, 2.05) is 13.0 Å². The van der Waals surface area contributed by atoms with Gasteiger partial charge in [0.05, 0.1) is 18.4 Å². The molecule has 3 aromatic heterocycles. The van der Waals surface area contributed by atoms with Crippen molar-refractivity contribution in [2.24, 2.45) is 0 Å². The van der Waals surface area contributed by atoms with Crippen LogP contribution in [0.4, 0.5) is 0 Å². The van der Waals surface area contributed by atoms with E-state index in [1.165, 1.54) is 22.8 Å². The molecule has 8 nitrogen and oxygen atoms in total. The molecule has 0 saturated heterocycles. The molecule has 0 bridgehead atoms. The number of aromatic nitrogens is 2. The summed E-state index contributed by atoms with van der Waals surface area (Å²) in [6.45, 7) is 1.89. The highest BCUT2D eigenvalue weighted by Gasteiger charge is 2.10. The van der Waals surface area contributed by atoms with Crippen LogP contribution in [0.25, 0.3) is 5.65 Å². The van der Waals surface area contributed by atoms with Gasteiger partial charge in [-0.15, -0.1) is 0 Å². The van der Waals surface area contributed by atoms with Gasteiger partial charge in [0.25, 0.3) is 11.5 Å². The average molecular weight is 355 g/mol. The Morgan fingerprint density at radius 3 is 2.92 bits per heavy atom. The van der Waals surface area contributed by atoms with Crippen molar-refractivity contribution in [3.05, 3.63) is 70.2 Å². The Balaban J connectivity index is 1.51. The third-order valence-corrected chi connectivity index (χ3v) is 3.60. The fraction of sp³-hybridized carbons (Fsp3) is 0.222. The molecule has 0 saturated carbocycles. The number of nitrogens with one attached hydrogen (secondary N) is 1. The summed E-state index contributed by atoms with van der Waals surface area (Å²) in [4.78, 5) is 39.8. The van der Waals surface area contributed by atoms with Gasteiger partial charge >= 0.3 is 5.97 Å². The zero-order chi connectivity index (χ0) is 18.5. The summed E-state index contributed by atoms with van der Waals surface area (Å²) in [7, 11) is 0. The van der Waals surface area contributed by atoms with Crippen molar-refractivity contribution in [1.29, 1.82) is 0 Å². The summed E-state index contributed by atoms with van der Waals surface area (Å²) in [5.41, 5.74) is 1.55. The Kier molecular flexibility index (Phi) is 5.12. The van der Waals surface area contributed by atoms with Gasteiger partial charge in [-0.1, -0.05) is 6.07 Å². The average Bonchev–Trinajstić information content (AvgIpc) is 3.15. The molecule has 0 spiro atoms. The summed E-state index contributed by atoms with van der Waals surface area (Å²) < 4.78 is 11.5. The van der Waals surface area contributed by atoms with Crippen molar-refractivity contribution in [1.82, 2.24) is 14.7 Å². The largest absolute Gasteiger partial charge is 0.459 e. The molecule has 0 radical (unpaired) electrons. The molecule has 0 aromatic carbocycles. The topological polar surface area (TPSA) is 103 Å². The summed E-state index contributed by atoms with van der Waals surface area (Å²) in [5.74, 6) is -0.729. The SMILES string of the molecule is Cc1ccc2nc(COC(=O)CCNC(=O)c3ccco3)cc(=O)n2c1. The second kappa shape index (κ2) is 7.64. The third-order valence-electron chi connectivity index (χ3n) is 3.60. The van der Waals surface area contributed by atoms with E-state index in [9.17, 15) is 14.4 Å². The van der Waals surface area contributed by atoms with Gasteiger partial charge in [-0.3, -0.25) is 18.8 Å². The molecule has 3 heterocycles. The minimum Gasteiger partial charge on any atom is -0.459 e. The number of fused-ring (bicyclic) bond motifs is 1. The molecule has 0 atom stereocenters. The van der Waals surface area contributed by atoms with E-state index in [4.69, 9.17) is 9.15 Å². The zero-order valence-corrected chi connectivity index (χ0v) is 14.1. The van der Waals surface area contributed by atoms with Gasteiger partial charge in [0, 0.05) is 18.8 Å². The van der Waals surface area contributed by atoms with Gasteiger partial charge < -0.3 is 14.5 Å². The lowest BCUT2D eigenvalue weighted by atomic mass is 10.3. The van der Waals surface area contributed by atoms with Crippen molar-refractivity contribution in [3.63, 3.8) is 0 Å². The van der Waals surface area contributed by atoms with E-state index < -0.39 is 11.9 Å². The number of carbonyl (C=O) groups excluding carboxylic acids is 2. The first-order valence-corrected chi connectivity index (χ1v) is 7.99. The fourth-order valence-electron chi connectivity index (χ4n) is 2.33. The van der Waals surface area contributed by atoms with Crippen LogP contribution in [-0.4, -0.2) is 27.8 Å². The summed E-state index contributed by atoms with van der Waals surface area (Å²) in [5, 5.41) is 2.55. The normalized spacial score (nSPS) is 10.7. The van der Waals surface area contributed by atoms with E-state index in [1.54, 1.807) is 18.3 Å². The number of rotatable bonds is 6. The first-order chi connectivity index (χ1) is 12.5. The maximum atomic E-state index is 12.1. The van der Waals surface area contributed by atoms with Gasteiger partial charge in [0.1, 0.15) is 12.3 Å². The number of furan rings is 1. The van der Waals surface area contributed by atoms with Gasteiger partial charge in [0.2, 0.25) is 0 Å². The first kappa shape index (κ1) is 17.4. The lowest BCUT2D eigenvalue weighted by Crippen LogP contribution is -2.26. The molecule has 1 amide bonds. The Bertz CT molecular complexity index is 992.